The molecule has 0 saturated carbocycles. The minimum atomic E-state index is -0.336. The molecule has 2 N–H and O–H groups in total. The first-order chi connectivity index (χ1) is 10.2. The van der Waals surface area contributed by atoms with Crippen molar-refractivity contribution in [3.63, 3.8) is 0 Å². The highest BCUT2D eigenvalue weighted by Gasteiger charge is 2.17. The number of anilines is 1. The lowest BCUT2D eigenvalue weighted by Crippen LogP contribution is -2.44. The number of benzene rings is 1. The molecule has 1 atom stereocenters. The van der Waals surface area contributed by atoms with Crippen molar-refractivity contribution in [2.24, 2.45) is 0 Å². The summed E-state index contributed by atoms with van der Waals surface area (Å²) in [6, 6.07) is 6.39. The topological polar surface area (TPSA) is 38.7 Å². The van der Waals surface area contributed by atoms with Crippen molar-refractivity contribution in [1.82, 2.24) is 9.80 Å². The number of piperazine rings is 1. The van der Waals surface area contributed by atoms with Crippen LogP contribution >= 0.6 is 0 Å². The third-order valence-corrected chi connectivity index (χ3v) is 4.77. The van der Waals surface area contributed by atoms with Gasteiger partial charge < -0.3 is 20.2 Å². The van der Waals surface area contributed by atoms with Gasteiger partial charge in [-0.3, -0.25) is 0 Å². The summed E-state index contributed by atoms with van der Waals surface area (Å²) in [5.74, 6) is 0. The molecular weight excluding hydrogens is 262 g/mol. The number of fused-ring (bicyclic) bond motifs is 1. The van der Waals surface area contributed by atoms with E-state index < -0.39 is 0 Å². The second-order valence-electron chi connectivity index (χ2n) is 6.40. The van der Waals surface area contributed by atoms with Crippen molar-refractivity contribution < 1.29 is 5.11 Å². The quantitative estimate of drug-likeness (QED) is 0.885. The lowest BCUT2D eigenvalue weighted by Gasteiger charge is -2.32. The molecule has 1 aromatic rings. The van der Waals surface area contributed by atoms with E-state index in [1.54, 1.807) is 0 Å². The third kappa shape index (κ3) is 3.76. The van der Waals surface area contributed by atoms with Gasteiger partial charge in [0.15, 0.2) is 0 Å². The van der Waals surface area contributed by atoms with E-state index in [4.69, 9.17) is 0 Å². The van der Waals surface area contributed by atoms with Crippen LogP contribution in [0.15, 0.2) is 18.2 Å². The Balaban J connectivity index is 1.54. The maximum atomic E-state index is 10.4. The van der Waals surface area contributed by atoms with Gasteiger partial charge in [0.1, 0.15) is 0 Å². The Morgan fingerprint density at radius 2 is 2.05 bits per heavy atom. The van der Waals surface area contributed by atoms with E-state index in [-0.39, 0.29) is 6.10 Å². The number of hydrogen-bond donors (Lipinski definition) is 2. The molecular formula is C17H27N3O. The molecule has 4 nitrogen and oxygen atoms in total. The van der Waals surface area contributed by atoms with Gasteiger partial charge in [0.25, 0.3) is 0 Å². The predicted molar refractivity (Wildman–Crippen MR) is 86.8 cm³/mol. The molecule has 116 valence electrons. The summed E-state index contributed by atoms with van der Waals surface area (Å²) >= 11 is 0. The van der Waals surface area contributed by atoms with Gasteiger partial charge in [-0.05, 0) is 43.5 Å². The Hall–Kier alpha value is -1.10. The largest absolute Gasteiger partial charge is 0.388 e. The molecule has 0 radical (unpaired) electrons. The summed E-state index contributed by atoms with van der Waals surface area (Å²) in [6.07, 6.45) is 2.81. The number of hydrogen-bond acceptors (Lipinski definition) is 4. The van der Waals surface area contributed by atoms with Crippen LogP contribution in [0, 0.1) is 0 Å². The number of nitrogens with zero attached hydrogens (tertiary/aromatic N) is 2. The van der Waals surface area contributed by atoms with Crippen molar-refractivity contribution >= 4 is 5.69 Å². The van der Waals surface area contributed by atoms with Crippen molar-refractivity contribution in [1.29, 1.82) is 0 Å². The molecule has 1 unspecified atom stereocenters. The molecule has 2 aliphatic rings. The number of aliphatic hydroxyl groups excluding tert-OH is 1. The number of aliphatic hydroxyl groups is 1. The van der Waals surface area contributed by atoms with Gasteiger partial charge >= 0.3 is 0 Å². The van der Waals surface area contributed by atoms with Gasteiger partial charge in [0, 0.05) is 45.0 Å². The SMILES string of the molecule is CN1CCN(CCC(O)c2ccc3c(c2)CCCN3)CC1. The minimum Gasteiger partial charge on any atom is -0.388 e. The van der Waals surface area contributed by atoms with E-state index in [2.05, 4.69) is 40.4 Å². The number of aryl methyl sites for hydroxylation is 1. The number of rotatable bonds is 4. The molecule has 0 bridgehead atoms. The molecule has 0 amide bonds. The molecule has 1 saturated heterocycles. The van der Waals surface area contributed by atoms with Gasteiger partial charge in [-0.2, -0.15) is 0 Å². The Bertz CT molecular complexity index is 469. The van der Waals surface area contributed by atoms with E-state index in [0.717, 1.165) is 57.7 Å². The van der Waals surface area contributed by atoms with E-state index in [1.807, 2.05) is 0 Å². The molecule has 2 aliphatic heterocycles. The van der Waals surface area contributed by atoms with Gasteiger partial charge in [-0.15, -0.1) is 0 Å². The highest BCUT2D eigenvalue weighted by Crippen LogP contribution is 2.27. The lowest BCUT2D eigenvalue weighted by molar-refractivity contribution is 0.113. The van der Waals surface area contributed by atoms with Crippen LogP contribution in [-0.2, 0) is 6.42 Å². The Kier molecular flexibility index (Phi) is 4.78. The molecule has 1 fully saturated rings. The second kappa shape index (κ2) is 6.77. The summed E-state index contributed by atoms with van der Waals surface area (Å²) in [5, 5.41) is 13.9. The highest BCUT2D eigenvalue weighted by atomic mass is 16.3. The smallest absolute Gasteiger partial charge is 0.0802 e. The first-order valence-electron chi connectivity index (χ1n) is 8.18. The first kappa shape index (κ1) is 14.8. The van der Waals surface area contributed by atoms with Crippen LogP contribution < -0.4 is 5.32 Å². The van der Waals surface area contributed by atoms with Crippen LogP contribution in [0.25, 0.3) is 0 Å². The van der Waals surface area contributed by atoms with Crippen LogP contribution in [0.2, 0.25) is 0 Å². The molecule has 1 aromatic carbocycles. The fourth-order valence-corrected chi connectivity index (χ4v) is 3.25. The molecule has 2 heterocycles. The fraction of sp³-hybridized carbons (Fsp3) is 0.647. The summed E-state index contributed by atoms with van der Waals surface area (Å²) in [4.78, 5) is 4.83. The van der Waals surface area contributed by atoms with Crippen LogP contribution in [0.4, 0.5) is 5.69 Å². The Morgan fingerprint density at radius 3 is 2.86 bits per heavy atom. The van der Waals surface area contributed by atoms with Crippen molar-refractivity contribution in [3.8, 4) is 0 Å². The monoisotopic (exact) mass is 289 g/mol. The van der Waals surface area contributed by atoms with E-state index in [9.17, 15) is 5.11 Å². The standard InChI is InChI=1S/C17H27N3O/c1-19-9-11-20(12-10-19)8-6-17(21)15-4-5-16-14(13-15)3-2-7-18-16/h4-5,13,17-18,21H,2-3,6-12H2,1H3. The van der Waals surface area contributed by atoms with Crippen LogP contribution in [0.3, 0.4) is 0 Å². The Labute approximate surface area is 127 Å². The second-order valence-corrected chi connectivity index (χ2v) is 6.40. The van der Waals surface area contributed by atoms with Crippen molar-refractivity contribution in [2.75, 3.05) is 51.6 Å². The predicted octanol–water partition coefficient (Wildman–Crippen LogP) is 1.72. The molecule has 0 spiro atoms. The lowest BCUT2D eigenvalue weighted by atomic mass is 9.97. The highest BCUT2D eigenvalue weighted by molar-refractivity contribution is 5.54. The third-order valence-electron chi connectivity index (χ3n) is 4.77. The average molecular weight is 289 g/mol. The zero-order valence-corrected chi connectivity index (χ0v) is 13.0. The number of nitrogens with one attached hydrogen (secondary N) is 1. The first-order valence-corrected chi connectivity index (χ1v) is 8.18. The molecule has 0 aliphatic carbocycles. The molecule has 21 heavy (non-hydrogen) atoms. The van der Waals surface area contributed by atoms with Crippen LogP contribution in [0.5, 0.6) is 0 Å². The van der Waals surface area contributed by atoms with E-state index in [1.165, 1.54) is 17.7 Å². The van der Waals surface area contributed by atoms with Crippen LogP contribution in [0.1, 0.15) is 30.1 Å². The van der Waals surface area contributed by atoms with E-state index in [0.29, 0.717) is 0 Å². The summed E-state index contributed by atoms with van der Waals surface area (Å²) in [5.41, 5.74) is 3.68. The van der Waals surface area contributed by atoms with E-state index >= 15 is 0 Å². The average Bonchev–Trinajstić information content (AvgIpc) is 2.53. The molecule has 0 aromatic heterocycles. The summed E-state index contributed by atoms with van der Waals surface area (Å²) in [6.45, 7) is 6.58. The van der Waals surface area contributed by atoms with Gasteiger partial charge in [0.2, 0.25) is 0 Å². The van der Waals surface area contributed by atoms with Gasteiger partial charge in [-0.1, -0.05) is 12.1 Å². The normalized spacial score (nSPS) is 21.6. The Morgan fingerprint density at radius 1 is 1.24 bits per heavy atom. The van der Waals surface area contributed by atoms with Crippen molar-refractivity contribution in [3.05, 3.63) is 29.3 Å². The fourth-order valence-electron chi connectivity index (χ4n) is 3.25. The summed E-state index contributed by atoms with van der Waals surface area (Å²) < 4.78 is 0. The summed E-state index contributed by atoms with van der Waals surface area (Å²) in [7, 11) is 2.17. The van der Waals surface area contributed by atoms with Gasteiger partial charge in [0.05, 0.1) is 6.10 Å². The zero-order valence-electron chi connectivity index (χ0n) is 13.0. The van der Waals surface area contributed by atoms with Crippen molar-refractivity contribution in [2.45, 2.75) is 25.4 Å². The molecule has 4 heteroatoms. The maximum absolute atomic E-state index is 10.4. The number of likely N-dealkylation sites (N-methyl/N-ethyl adjacent to an activating group) is 1. The molecule has 3 rings (SSSR count). The minimum absolute atomic E-state index is 0.336. The van der Waals surface area contributed by atoms with Crippen LogP contribution in [-0.4, -0.2) is 61.2 Å². The van der Waals surface area contributed by atoms with Gasteiger partial charge in [-0.25, -0.2) is 0 Å². The maximum Gasteiger partial charge on any atom is 0.0802 e. The zero-order chi connectivity index (χ0) is 14.7.